The van der Waals surface area contributed by atoms with Crippen LogP contribution < -0.4 is 4.74 Å². The molecule has 0 saturated carbocycles. The van der Waals surface area contributed by atoms with Crippen molar-refractivity contribution in [2.75, 3.05) is 6.61 Å². The van der Waals surface area contributed by atoms with E-state index in [9.17, 15) is 4.79 Å². The molecule has 21 heavy (non-hydrogen) atoms. The first-order valence-electron chi connectivity index (χ1n) is 7.11. The van der Waals surface area contributed by atoms with Crippen molar-refractivity contribution in [3.63, 3.8) is 0 Å². The molecular formula is C16H19BrN2O2. The second-order valence-electron chi connectivity index (χ2n) is 4.66. The van der Waals surface area contributed by atoms with Crippen LogP contribution in [0.4, 0.5) is 0 Å². The minimum atomic E-state index is 0.520. The van der Waals surface area contributed by atoms with E-state index in [-0.39, 0.29) is 0 Å². The maximum atomic E-state index is 11.2. The molecule has 0 aliphatic carbocycles. The lowest BCUT2D eigenvalue weighted by atomic mass is 10.1. The minimum Gasteiger partial charge on any atom is -0.492 e. The molecule has 0 spiro atoms. The summed E-state index contributed by atoms with van der Waals surface area (Å²) in [4.78, 5) is 11.2. The predicted molar refractivity (Wildman–Crippen MR) is 86.0 cm³/mol. The fraction of sp³-hybridized carbons (Fsp3) is 0.375. The fourth-order valence-electron chi connectivity index (χ4n) is 2.33. The topological polar surface area (TPSA) is 44.1 Å². The first-order valence-corrected chi connectivity index (χ1v) is 7.91. The van der Waals surface area contributed by atoms with E-state index in [4.69, 9.17) is 4.74 Å². The molecular weight excluding hydrogens is 332 g/mol. The molecule has 0 amide bonds. The molecule has 2 rings (SSSR count). The molecule has 0 radical (unpaired) electrons. The second kappa shape index (κ2) is 7.41. The van der Waals surface area contributed by atoms with Gasteiger partial charge in [0.25, 0.3) is 0 Å². The number of hydrogen-bond donors (Lipinski definition) is 0. The lowest BCUT2D eigenvalue weighted by molar-refractivity contribution is 0.112. The van der Waals surface area contributed by atoms with Crippen LogP contribution in [0.2, 0.25) is 0 Å². The maximum absolute atomic E-state index is 11.2. The molecule has 0 unspecified atom stereocenters. The summed E-state index contributed by atoms with van der Waals surface area (Å²) >= 11 is 3.42. The summed E-state index contributed by atoms with van der Waals surface area (Å²) in [5, 5.41) is 4.52. The number of rotatable bonds is 7. The van der Waals surface area contributed by atoms with Gasteiger partial charge in [0.2, 0.25) is 0 Å². The number of aldehydes is 1. The van der Waals surface area contributed by atoms with Gasteiger partial charge in [-0.25, -0.2) is 0 Å². The summed E-state index contributed by atoms with van der Waals surface area (Å²) in [6.45, 7) is 5.20. The Morgan fingerprint density at radius 2 is 2.14 bits per heavy atom. The van der Waals surface area contributed by atoms with Crippen molar-refractivity contribution < 1.29 is 9.53 Å². The van der Waals surface area contributed by atoms with E-state index >= 15 is 0 Å². The molecule has 0 aliphatic heterocycles. The van der Waals surface area contributed by atoms with Crippen molar-refractivity contribution in [2.45, 2.75) is 33.2 Å². The van der Waals surface area contributed by atoms with Crippen molar-refractivity contribution in [1.29, 1.82) is 0 Å². The monoisotopic (exact) mass is 350 g/mol. The van der Waals surface area contributed by atoms with Gasteiger partial charge in [-0.1, -0.05) is 35.8 Å². The third kappa shape index (κ3) is 3.73. The first kappa shape index (κ1) is 15.8. The van der Waals surface area contributed by atoms with Gasteiger partial charge >= 0.3 is 0 Å². The molecule has 5 heteroatoms. The highest BCUT2D eigenvalue weighted by molar-refractivity contribution is 9.10. The number of benzene rings is 1. The van der Waals surface area contributed by atoms with Crippen LogP contribution in [0.1, 0.15) is 35.6 Å². The molecule has 0 fully saturated rings. The van der Waals surface area contributed by atoms with Crippen LogP contribution in [0.3, 0.4) is 0 Å². The fourth-order valence-corrected chi connectivity index (χ4v) is 2.71. The standard InChI is InChI=1S/C16H19BrN2O2/c1-3-15-14(11-20)16(4-2)19(18-15)8-9-21-13-7-5-6-12(17)10-13/h5-7,10-11H,3-4,8-9H2,1-2H3. The Bertz CT molecular complexity index is 623. The van der Waals surface area contributed by atoms with E-state index in [0.29, 0.717) is 13.2 Å². The molecule has 0 atom stereocenters. The molecule has 112 valence electrons. The summed E-state index contributed by atoms with van der Waals surface area (Å²) in [7, 11) is 0. The minimum absolute atomic E-state index is 0.520. The molecule has 0 saturated heterocycles. The van der Waals surface area contributed by atoms with Crippen LogP contribution in [0.25, 0.3) is 0 Å². The average molecular weight is 351 g/mol. The molecule has 1 heterocycles. The Morgan fingerprint density at radius 3 is 2.76 bits per heavy atom. The van der Waals surface area contributed by atoms with E-state index in [1.807, 2.05) is 42.8 Å². The van der Waals surface area contributed by atoms with Crippen molar-refractivity contribution in [1.82, 2.24) is 9.78 Å². The van der Waals surface area contributed by atoms with Crippen LogP contribution in [0.15, 0.2) is 28.7 Å². The summed E-state index contributed by atoms with van der Waals surface area (Å²) in [5.41, 5.74) is 2.59. The molecule has 0 N–H and O–H groups in total. The Morgan fingerprint density at radius 1 is 1.33 bits per heavy atom. The zero-order chi connectivity index (χ0) is 15.2. The van der Waals surface area contributed by atoms with Gasteiger partial charge < -0.3 is 4.74 Å². The van der Waals surface area contributed by atoms with Crippen LogP contribution >= 0.6 is 15.9 Å². The molecule has 4 nitrogen and oxygen atoms in total. The molecule has 0 aliphatic rings. The van der Waals surface area contributed by atoms with Crippen molar-refractivity contribution in [3.8, 4) is 5.75 Å². The zero-order valence-corrected chi connectivity index (χ0v) is 13.9. The smallest absolute Gasteiger partial charge is 0.153 e. The van der Waals surface area contributed by atoms with Crippen LogP contribution in [-0.2, 0) is 19.4 Å². The van der Waals surface area contributed by atoms with E-state index in [2.05, 4.69) is 21.0 Å². The molecule has 0 bridgehead atoms. The lowest BCUT2D eigenvalue weighted by Crippen LogP contribution is -2.12. The van der Waals surface area contributed by atoms with Gasteiger partial charge in [0, 0.05) is 10.2 Å². The number of ether oxygens (including phenoxy) is 1. The van der Waals surface area contributed by atoms with Crippen molar-refractivity contribution in [2.24, 2.45) is 0 Å². The van der Waals surface area contributed by atoms with Gasteiger partial charge in [-0.2, -0.15) is 5.10 Å². The number of aryl methyl sites for hydroxylation is 1. The number of aromatic nitrogens is 2. The maximum Gasteiger partial charge on any atom is 0.153 e. The van der Waals surface area contributed by atoms with E-state index in [1.165, 1.54) is 0 Å². The van der Waals surface area contributed by atoms with E-state index in [1.54, 1.807) is 0 Å². The molecule has 2 aromatic rings. The largest absolute Gasteiger partial charge is 0.492 e. The highest BCUT2D eigenvalue weighted by Crippen LogP contribution is 2.18. The number of nitrogens with zero attached hydrogens (tertiary/aromatic N) is 2. The third-order valence-electron chi connectivity index (χ3n) is 3.33. The highest BCUT2D eigenvalue weighted by atomic mass is 79.9. The first-order chi connectivity index (χ1) is 10.2. The molecule has 1 aromatic carbocycles. The average Bonchev–Trinajstić information content (AvgIpc) is 2.84. The quantitative estimate of drug-likeness (QED) is 0.715. The number of carbonyl (C=O) groups excluding carboxylic acids is 1. The van der Waals surface area contributed by atoms with Gasteiger partial charge in [0.1, 0.15) is 12.4 Å². The number of halogens is 1. The summed E-state index contributed by atoms with van der Waals surface area (Å²) in [6, 6.07) is 7.74. The lowest BCUT2D eigenvalue weighted by Gasteiger charge is -2.09. The van der Waals surface area contributed by atoms with Gasteiger partial charge in [-0.3, -0.25) is 9.48 Å². The second-order valence-corrected chi connectivity index (χ2v) is 5.58. The van der Waals surface area contributed by atoms with Gasteiger partial charge in [-0.05, 0) is 31.0 Å². The highest BCUT2D eigenvalue weighted by Gasteiger charge is 2.14. The van der Waals surface area contributed by atoms with Crippen LogP contribution in [-0.4, -0.2) is 22.7 Å². The Balaban J connectivity index is 2.06. The number of hydrogen-bond acceptors (Lipinski definition) is 3. The summed E-state index contributed by atoms with van der Waals surface area (Å²) in [6.07, 6.45) is 2.47. The van der Waals surface area contributed by atoms with Crippen molar-refractivity contribution >= 4 is 22.2 Å². The van der Waals surface area contributed by atoms with E-state index in [0.717, 1.165) is 46.3 Å². The van der Waals surface area contributed by atoms with Crippen LogP contribution in [0, 0.1) is 0 Å². The normalized spacial score (nSPS) is 10.6. The van der Waals surface area contributed by atoms with Crippen molar-refractivity contribution in [3.05, 3.63) is 45.7 Å². The Labute approximate surface area is 133 Å². The summed E-state index contributed by atoms with van der Waals surface area (Å²) < 4.78 is 8.61. The van der Waals surface area contributed by atoms with Gasteiger partial charge in [0.05, 0.1) is 17.8 Å². The van der Waals surface area contributed by atoms with Gasteiger partial charge in [-0.15, -0.1) is 0 Å². The van der Waals surface area contributed by atoms with Crippen LogP contribution in [0.5, 0.6) is 5.75 Å². The summed E-state index contributed by atoms with van der Waals surface area (Å²) in [5.74, 6) is 0.820. The Hall–Kier alpha value is -1.62. The number of carbonyl (C=O) groups is 1. The Kier molecular flexibility index (Phi) is 5.56. The SMILES string of the molecule is CCc1nn(CCOc2cccc(Br)c2)c(CC)c1C=O. The third-order valence-corrected chi connectivity index (χ3v) is 3.82. The van der Waals surface area contributed by atoms with E-state index < -0.39 is 0 Å². The molecule has 1 aromatic heterocycles. The predicted octanol–water partition coefficient (Wildman–Crippen LogP) is 3.66. The van der Waals surface area contributed by atoms with Gasteiger partial charge in [0.15, 0.2) is 6.29 Å². The zero-order valence-electron chi connectivity index (χ0n) is 12.3.